The van der Waals surface area contributed by atoms with E-state index >= 15 is 0 Å². The first kappa shape index (κ1) is 14.8. The number of carbonyl (C=O) groups excluding carboxylic acids is 1. The number of nitrogen functional groups attached to an aromatic ring is 1. The zero-order valence-electron chi connectivity index (χ0n) is 12.0. The van der Waals surface area contributed by atoms with Crippen LogP contribution in [0, 0.1) is 18.7 Å². The summed E-state index contributed by atoms with van der Waals surface area (Å²) >= 11 is 0. The van der Waals surface area contributed by atoms with Crippen LogP contribution in [0.4, 0.5) is 10.1 Å². The van der Waals surface area contributed by atoms with Crippen molar-refractivity contribution in [1.82, 2.24) is 4.90 Å². The largest absolute Gasteiger partial charge is 0.398 e. The molecule has 20 heavy (non-hydrogen) atoms. The van der Waals surface area contributed by atoms with Crippen LogP contribution in [-0.2, 0) is 4.74 Å². The number of hydrogen-bond donors (Lipinski definition) is 1. The van der Waals surface area contributed by atoms with Crippen LogP contribution in [0.25, 0.3) is 0 Å². The van der Waals surface area contributed by atoms with E-state index in [2.05, 4.69) is 0 Å². The molecule has 1 unspecified atom stereocenters. The molecule has 1 aromatic carbocycles. The second kappa shape index (κ2) is 6.22. The van der Waals surface area contributed by atoms with Crippen molar-refractivity contribution < 1.29 is 13.9 Å². The van der Waals surface area contributed by atoms with Crippen LogP contribution < -0.4 is 5.73 Å². The average molecular weight is 280 g/mol. The SMILES string of the molecule is Cc1c(N)cc(C(=O)N(C)CC2CCCOC2)cc1F. The zero-order chi connectivity index (χ0) is 14.7. The number of amides is 1. The summed E-state index contributed by atoms with van der Waals surface area (Å²) < 4.78 is 19.1. The van der Waals surface area contributed by atoms with Gasteiger partial charge in [0.05, 0.1) is 6.61 Å². The third kappa shape index (κ3) is 3.28. The number of benzene rings is 1. The van der Waals surface area contributed by atoms with E-state index in [-0.39, 0.29) is 5.91 Å². The summed E-state index contributed by atoms with van der Waals surface area (Å²) in [6.07, 6.45) is 2.08. The summed E-state index contributed by atoms with van der Waals surface area (Å²) in [7, 11) is 1.73. The lowest BCUT2D eigenvalue weighted by molar-refractivity contribution is 0.0388. The Morgan fingerprint density at radius 3 is 2.90 bits per heavy atom. The highest BCUT2D eigenvalue weighted by Gasteiger charge is 2.20. The van der Waals surface area contributed by atoms with Crippen molar-refractivity contribution in [3.05, 3.63) is 29.1 Å². The van der Waals surface area contributed by atoms with E-state index in [9.17, 15) is 9.18 Å². The molecule has 0 radical (unpaired) electrons. The highest BCUT2D eigenvalue weighted by molar-refractivity contribution is 5.95. The van der Waals surface area contributed by atoms with E-state index in [1.807, 2.05) is 0 Å². The number of ether oxygens (including phenoxy) is 1. The third-order valence-corrected chi connectivity index (χ3v) is 3.76. The predicted molar refractivity (Wildman–Crippen MR) is 76.1 cm³/mol. The summed E-state index contributed by atoms with van der Waals surface area (Å²) in [5.74, 6) is -0.297. The van der Waals surface area contributed by atoms with Crippen LogP contribution in [0.2, 0.25) is 0 Å². The first-order chi connectivity index (χ1) is 9.49. The van der Waals surface area contributed by atoms with Crippen LogP contribution in [0.15, 0.2) is 12.1 Å². The fourth-order valence-corrected chi connectivity index (χ4v) is 2.47. The van der Waals surface area contributed by atoms with Crippen molar-refractivity contribution in [3.63, 3.8) is 0 Å². The molecule has 0 saturated carbocycles. The molecule has 0 bridgehead atoms. The molecule has 1 amide bonds. The summed E-state index contributed by atoms with van der Waals surface area (Å²) in [5, 5.41) is 0. The molecule has 0 aromatic heterocycles. The van der Waals surface area contributed by atoms with E-state index < -0.39 is 5.82 Å². The molecule has 1 fully saturated rings. The van der Waals surface area contributed by atoms with Gasteiger partial charge in [0.1, 0.15) is 5.82 Å². The lowest BCUT2D eigenvalue weighted by Gasteiger charge is -2.27. The Hall–Kier alpha value is -1.62. The second-order valence-electron chi connectivity index (χ2n) is 5.44. The Balaban J connectivity index is 2.06. The highest BCUT2D eigenvalue weighted by Crippen LogP contribution is 2.20. The van der Waals surface area contributed by atoms with Crippen LogP contribution in [-0.4, -0.2) is 37.6 Å². The van der Waals surface area contributed by atoms with Gasteiger partial charge in [-0.05, 0) is 37.8 Å². The van der Waals surface area contributed by atoms with E-state index in [0.29, 0.717) is 35.9 Å². The number of nitrogens with two attached hydrogens (primary N) is 1. The van der Waals surface area contributed by atoms with E-state index in [1.165, 1.54) is 12.1 Å². The van der Waals surface area contributed by atoms with Gasteiger partial charge in [0, 0.05) is 37.0 Å². The van der Waals surface area contributed by atoms with Gasteiger partial charge in [0.25, 0.3) is 5.91 Å². The van der Waals surface area contributed by atoms with Gasteiger partial charge in [0.2, 0.25) is 0 Å². The molecule has 2 N–H and O–H groups in total. The molecule has 1 saturated heterocycles. The monoisotopic (exact) mass is 280 g/mol. The lowest BCUT2D eigenvalue weighted by Crippen LogP contribution is -2.35. The minimum absolute atomic E-state index is 0.207. The minimum atomic E-state index is -0.442. The standard InChI is InChI=1S/C15H21FN2O2/c1-10-13(16)6-12(7-14(10)17)15(19)18(2)8-11-4-3-5-20-9-11/h6-7,11H,3-5,8-9,17H2,1-2H3. The first-order valence-corrected chi connectivity index (χ1v) is 6.88. The van der Waals surface area contributed by atoms with Gasteiger partial charge in [-0.1, -0.05) is 0 Å². The van der Waals surface area contributed by atoms with Crippen molar-refractivity contribution >= 4 is 11.6 Å². The second-order valence-corrected chi connectivity index (χ2v) is 5.44. The van der Waals surface area contributed by atoms with Crippen molar-refractivity contribution in [2.75, 3.05) is 32.5 Å². The van der Waals surface area contributed by atoms with Gasteiger partial charge in [-0.2, -0.15) is 0 Å². The molecule has 1 aliphatic heterocycles. The Morgan fingerprint density at radius 2 is 2.30 bits per heavy atom. The number of hydrogen-bond acceptors (Lipinski definition) is 3. The van der Waals surface area contributed by atoms with Gasteiger partial charge in [-0.25, -0.2) is 4.39 Å². The lowest BCUT2D eigenvalue weighted by atomic mass is 10.0. The Morgan fingerprint density at radius 1 is 1.55 bits per heavy atom. The smallest absolute Gasteiger partial charge is 0.253 e. The summed E-state index contributed by atoms with van der Waals surface area (Å²) in [6.45, 7) is 3.70. The van der Waals surface area contributed by atoms with Gasteiger partial charge in [-0.15, -0.1) is 0 Å². The quantitative estimate of drug-likeness (QED) is 0.864. The third-order valence-electron chi connectivity index (χ3n) is 3.76. The Labute approximate surface area is 118 Å². The molecule has 1 atom stereocenters. The number of carbonyl (C=O) groups is 1. The summed E-state index contributed by atoms with van der Waals surface area (Å²) in [6, 6.07) is 2.79. The fourth-order valence-electron chi connectivity index (χ4n) is 2.47. The van der Waals surface area contributed by atoms with E-state index in [1.54, 1.807) is 18.9 Å². The minimum Gasteiger partial charge on any atom is -0.398 e. The fraction of sp³-hybridized carbons (Fsp3) is 0.533. The number of anilines is 1. The molecule has 1 aliphatic rings. The molecular formula is C15H21FN2O2. The molecule has 0 spiro atoms. The zero-order valence-corrected chi connectivity index (χ0v) is 12.0. The molecule has 4 nitrogen and oxygen atoms in total. The molecule has 2 rings (SSSR count). The first-order valence-electron chi connectivity index (χ1n) is 6.88. The maximum Gasteiger partial charge on any atom is 0.253 e. The van der Waals surface area contributed by atoms with Crippen molar-refractivity contribution in [2.24, 2.45) is 5.92 Å². The normalized spacial score (nSPS) is 18.9. The Kier molecular flexibility index (Phi) is 4.60. The Bertz CT molecular complexity index is 476. The van der Waals surface area contributed by atoms with E-state index in [4.69, 9.17) is 10.5 Å². The van der Waals surface area contributed by atoms with Crippen molar-refractivity contribution in [1.29, 1.82) is 0 Å². The molecule has 1 aromatic rings. The molecule has 5 heteroatoms. The molecule has 0 aliphatic carbocycles. The van der Waals surface area contributed by atoms with E-state index in [0.717, 1.165) is 19.4 Å². The average Bonchev–Trinajstić information content (AvgIpc) is 2.44. The van der Waals surface area contributed by atoms with Gasteiger partial charge in [0.15, 0.2) is 0 Å². The van der Waals surface area contributed by atoms with Crippen molar-refractivity contribution in [2.45, 2.75) is 19.8 Å². The molecule has 110 valence electrons. The van der Waals surface area contributed by atoms with Gasteiger partial charge < -0.3 is 15.4 Å². The molecule has 1 heterocycles. The van der Waals surface area contributed by atoms with Crippen LogP contribution in [0.5, 0.6) is 0 Å². The van der Waals surface area contributed by atoms with Gasteiger partial charge >= 0.3 is 0 Å². The number of halogens is 1. The van der Waals surface area contributed by atoms with Crippen molar-refractivity contribution in [3.8, 4) is 0 Å². The van der Waals surface area contributed by atoms with Gasteiger partial charge in [-0.3, -0.25) is 4.79 Å². The molecular weight excluding hydrogens is 259 g/mol. The summed E-state index contributed by atoms with van der Waals surface area (Å²) in [5.41, 5.74) is 6.70. The van der Waals surface area contributed by atoms with Crippen LogP contribution in [0.3, 0.4) is 0 Å². The predicted octanol–water partition coefficient (Wildman–Crippen LogP) is 2.21. The maximum absolute atomic E-state index is 13.7. The number of rotatable bonds is 3. The summed E-state index contributed by atoms with van der Waals surface area (Å²) in [4.78, 5) is 13.9. The van der Waals surface area contributed by atoms with Crippen LogP contribution >= 0.6 is 0 Å². The number of nitrogens with zero attached hydrogens (tertiary/aromatic N) is 1. The van der Waals surface area contributed by atoms with Crippen LogP contribution in [0.1, 0.15) is 28.8 Å². The maximum atomic E-state index is 13.7. The topological polar surface area (TPSA) is 55.6 Å². The highest BCUT2D eigenvalue weighted by atomic mass is 19.1.